The monoisotopic (exact) mass is 246 g/mol. The second kappa shape index (κ2) is 4.68. The molecule has 1 unspecified atom stereocenters. The third kappa shape index (κ3) is 2.43. The van der Waals surface area contributed by atoms with Gasteiger partial charge in [-0.05, 0) is 6.08 Å². The Bertz CT molecular complexity index is 437. The van der Waals surface area contributed by atoms with E-state index in [9.17, 15) is 9.36 Å². The van der Waals surface area contributed by atoms with Crippen molar-refractivity contribution in [2.45, 2.75) is 5.66 Å². The predicted molar refractivity (Wildman–Crippen MR) is 55.2 cm³/mol. The Labute approximate surface area is 92.0 Å². The van der Waals surface area contributed by atoms with E-state index in [4.69, 9.17) is 19.3 Å². The van der Waals surface area contributed by atoms with Gasteiger partial charge in [0.25, 0.3) is 0 Å². The summed E-state index contributed by atoms with van der Waals surface area (Å²) >= 11 is 0. The molecule has 1 aliphatic carbocycles. The molecule has 0 saturated heterocycles. The van der Waals surface area contributed by atoms with Gasteiger partial charge in [-0.3, -0.25) is 4.57 Å². The van der Waals surface area contributed by atoms with E-state index in [1.54, 1.807) is 0 Å². The Morgan fingerprint density at radius 2 is 2.00 bits per heavy atom. The van der Waals surface area contributed by atoms with Gasteiger partial charge in [-0.25, -0.2) is 4.79 Å². The second-order valence-corrected chi connectivity index (χ2v) is 4.77. The molecular weight excluding hydrogens is 235 g/mol. The molecule has 0 bridgehead atoms. The molecule has 2 N–H and O–H groups in total. The van der Waals surface area contributed by atoms with Crippen LogP contribution < -0.4 is 0 Å². The van der Waals surface area contributed by atoms with Crippen molar-refractivity contribution in [1.29, 1.82) is 0 Å². The number of carbonyl (C=O) groups excluding carboxylic acids is 1. The first-order valence-electron chi connectivity index (χ1n) is 4.26. The van der Waals surface area contributed by atoms with Crippen molar-refractivity contribution in [3.63, 3.8) is 0 Å². The summed E-state index contributed by atoms with van der Waals surface area (Å²) in [4.78, 5) is 28.9. The molecule has 1 rings (SSSR count). The average Bonchev–Trinajstić information content (AvgIpc) is 2.25. The number of ether oxygens (including phenoxy) is 2. The predicted octanol–water partition coefficient (Wildman–Crippen LogP) is 0.365. The maximum atomic E-state index is 11.2. The Morgan fingerprint density at radius 1 is 1.38 bits per heavy atom. The molecular formula is C9H11O6P. The molecule has 0 amide bonds. The Morgan fingerprint density at radius 3 is 2.38 bits per heavy atom. The Hall–Kier alpha value is -1.32. The maximum Gasteiger partial charge on any atom is 0.337 e. The van der Waals surface area contributed by atoms with Gasteiger partial charge < -0.3 is 19.3 Å². The summed E-state index contributed by atoms with van der Waals surface area (Å²) in [6, 6.07) is 0. The van der Waals surface area contributed by atoms with Gasteiger partial charge in [-0.1, -0.05) is 0 Å². The van der Waals surface area contributed by atoms with Gasteiger partial charge >= 0.3 is 7.60 Å². The molecule has 0 aromatic carbocycles. The molecule has 0 aliphatic heterocycles. The summed E-state index contributed by atoms with van der Waals surface area (Å²) < 4.78 is 20.9. The molecule has 0 aromatic heterocycles. The zero-order valence-corrected chi connectivity index (χ0v) is 9.60. The summed E-state index contributed by atoms with van der Waals surface area (Å²) in [7, 11) is -1.85. The van der Waals surface area contributed by atoms with Crippen molar-refractivity contribution >= 4 is 13.5 Å². The fourth-order valence-corrected chi connectivity index (χ4v) is 2.17. The molecule has 16 heavy (non-hydrogen) atoms. The van der Waals surface area contributed by atoms with Crippen LogP contribution >= 0.6 is 7.60 Å². The number of hydrogen-bond acceptors (Lipinski definition) is 4. The quantitative estimate of drug-likeness (QED) is 0.551. The Balaban J connectivity index is 3.30. The van der Waals surface area contributed by atoms with E-state index >= 15 is 0 Å². The van der Waals surface area contributed by atoms with Crippen LogP contribution in [0.25, 0.3) is 0 Å². The minimum atomic E-state index is -4.49. The number of rotatable bonds is 3. The molecule has 88 valence electrons. The van der Waals surface area contributed by atoms with Crippen LogP contribution in [0, 0.1) is 0 Å². The molecule has 6 nitrogen and oxygen atoms in total. The van der Waals surface area contributed by atoms with Crippen molar-refractivity contribution in [3.05, 3.63) is 29.2 Å². The van der Waals surface area contributed by atoms with Crippen LogP contribution in [0.4, 0.5) is 0 Å². The number of methoxy groups -OCH3 is 2. The zero-order chi connectivity index (χ0) is 12.3. The normalized spacial score (nSPS) is 20.8. The lowest BCUT2D eigenvalue weighted by Gasteiger charge is -2.21. The van der Waals surface area contributed by atoms with Crippen molar-refractivity contribution in [2.75, 3.05) is 14.2 Å². The molecule has 1 atom stereocenters. The zero-order valence-electron chi connectivity index (χ0n) is 8.71. The van der Waals surface area contributed by atoms with E-state index < -0.39 is 13.3 Å². The SMILES string of the molecule is COC1=CC(P(=O)(O)O)C(=C=O)C(OC)=C1. The average molecular weight is 246 g/mol. The molecule has 0 aromatic rings. The topological polar surface area (TPSA) is 93.1 Å². The highest BCUT2D eigenvalue weighted by molar-refractivity contribution is 7.53. The van der Waals surface area contributed by atoms with Gasteiger partial charge in [-0.2, -0.15) is 0 Å². The summed E-state index contributed by atoms with van der Waals surface area (Å²) in [5, 5.41) is 0. The number of allylic oxidation sites excluding steroid dienone is 3. The third-order valence-corrected chi connectivity index (χ3v) is 3.22. The molecule has 0 heterocycles. The van der Waals surface area contributed by atoms with Crippen molar-refractivity contribution in [2.24, 2.45) is 0 Å². The van der Waals surface area contributed by atoms with E-state index in [2.05, 4.69) is 0 Å². The third-order valence-electron chi connectivity index (χ3n) is 2.08. The van der Waals surface area contributed by atoms with E-state index in [0.29, 0.717) is 0 Å². The first-order chi connectivity index (χ1) is 7.43. The molecule has 0 saturated carbocycles. The van der Waals surface area contributed by atoms with E-state index in [0.717, 1.165) is 0 Å². The van der Waals surface area contributed by atoms with E-state index in [1.165, 1.54) is 32.3 Å². The first-order valence-corrected chi connectivity index (χ1v) is 5.94. The summed E-state index contributed by atoms with van der Waals surface area (Å²) in [6.07, 6.45) is 2.54. The standard InChI is InChI=1S/C9H11O6P/c1-14-6-3-8(15-2)7(5-10)9(4-6)16(11,12)13/h3-4,9H,1-2H3,(H2,11,12,13). The summed E-state index contributed by atoms with van der Waals surface area (Å²) in [5.41, 5.74) is -1.59. The minimum absolute atomic E-state index is 0.0441. The van der Waals surface area contributed by atoms with Gasteiger partial charge in [0.15, 0.2) is 0 Å². The van der Waals surface area contributed by atoms with Gasteiger partial charge in [0, 0.05) is 6.08 Å². The fourth-order valence-electron chi connectivity index (χ4n) is 1.31. The lowest BCUT2D eigenvalue weighted by molar-refractivity contribution is 0.272. The van der Waals surface area contributed by atoms with Crippen molar-refractivity contribution in [1.82, 2.24) is 0 Å². The molecule has 1 aliphatic rings. The lowest BCUT2D eigenvalue weighted by Crippen LogP contribution is -2.17. The largest absolute Gasteiger partial charge is 0.497 e. The van der Waals surface area contributed by atoms with Crippen LogP contribution in [0.15, 0.2) is 29.2 Å². The van der Waals surface area contributed by atoms with Gasteiger partial charge in [-0.15, -0.1) is 0 Å². The summed E-state index contributed by atoms with van der Waals surface area (Å²) in [5.74, 6) is 1.76. The maximum absolute atomic E-state index is 11.2. The van der Waals surface area contributed by atoms with Crippen LogP contribution in [0.1, 0.15) is 0 Å². The highest BCUT2D eigenvalue weighted by atomic mass is 31.2. The highest BCUT2D eigenvalue weighted by Crippen LogP contribution is 2.48. The molecule has 0 radical (unpaired) electrons. The minimum Gasteiger partial charge on any atom is -0.497 e. The fraction of sp³-hybridized carbons (Fsp3) is 0.333. The lowest BCUT2D eigenvalue weighted by atomic mass is 10.1. The smallest absolute Gasteiger partial charge is 0.337 e. The molecule has 0 spiro atoms. The summed E-state index contributed by atoms with van der Waals surface area (Å²) in [6.45, 7) is 0. The van der Waals surface area contributed by atoms with Crippen LogP contribution in [-0.2, 0) is 18.8 Å². The van der Waals surface area contributed by atoms with Gasteiger partial charge in [0.05, 0.1) is 19.8 Å². The Kier molecular flexibility index (Phi) is 3.73. The van der Waals surface area contributed by atoms with Crippen LogP contribution in [-0.4, -0.2) is 35.6 Å². The first kappa shape index (κ1) is 12.7. The highest BCUT2D eigenvalue weighted by Gasteiger charge is 2.37. The molecule has 7 heteroatoms. The van der Waals surface area contributed by atoms with E-state index in [-0.39, 0.29) is 17.1 Å². The van der Waals surface area contributed by atoms with Crippen LogP contribution in [0.3, 0.4) is 0 Å². The van der Waals surface area contributed by atoms with Gasteiger partial charge in [0.1, 0.15) is 23.1 Å². The second-order valence-electron chi connectivity index (χ2n) is 3.04. The van der Waals surface area contributed by atoms with Crippen molar-refractivity contribution in [3.8, 4) is 0 Å². The van der Waals surface area contributed by atoms with Gasteiger partial charge in [0.2, 0.25) is 0 Å². The van der Waals surface area contributed by atoms with E-state index in [1.807, 2.05) is 0 Å². The van der Waals surface area contributed by atoms with Crippen LogP contribution in [0.2, 0.25) is 0 Å². The number of hydrogen-bond donors (Lipinski definition) is 2. The molecule has 0 fully saturated rings. The van der Waals surface area contributed by atoms with Crippen LogP contribution in [0.5, 0.6) is 0 Å². The van der Waals surface area contributed by atoms with Crippen molar-refractivity contribution < 1.29 is 28.6 Å².